The molecule has 0 radical (unpaired) electrons. The first-order valence-corrected chi connectivity index (χ1v) is 7.80. The number of ether oxygens (including phenoxy) is 1. The molecule has 106 valence electrons. The molecule has 0 saturated carbocycles. The Morgan fingerprint density at radius 2 is 2.40 bits per heavy atom. The number of nitrogens with zero attached hydrogens (tertiary/aromatic N) is 1. The molecule has 1 aliphatic rings. The van der Waals surface area contributed by atoms with Crippen molar-refractivity contribution in [3.8, 4) is 0 Å². The van der Waals surface area contributed by atoms with Gasteiger partial charge in [-0.15, -0.1) is 11.3 Å². The van der Waals surface area contributed by atoms with Crippen molar-refractivity contribution in [3.05, 3.63) is 29.3 Å². The predicted octanol–water partition coefficient (Wildman–Crippen LogP) is 2.70. The summed E-state index contributed by atoms with van der Waals surface area (Å²) in [5.41, 5.74) is 1.03. The molecule has 2 atom stereocenters. The topological polar surface area (TPSA) is 51.2 Å². The van der Waals surface area contributed by atoms with E-state index in [1.807, 2.05) is 18.2 Å². The van der Waals surface area contributed by atoms with Crippen molar-refractivity contribution in [2.45, 2.75) is 31.8 Å². The summed E-state index contributed by atoms with van der Waals surface area (Å²) in [5, 5.41) is 4.04. The van der Waals surface area contributed by atoms with Gasteiger partial charge in [0, 0.05) is 19.1 Å². The van der Waals surface area contributed by atoms with E-state index in [1.54, 1.807) is 11.3 Å². The number of carbonyl (C=O) groups is 1. The molecule has 1 N–H and O–H groups in total. The van der Waals surface area contributed by atoms with Crippen molar-refractivity contribution in [3.63, 3.8) is 0 Å². The van der Waals surface area contributed by atoms with Crippen molar-refractivity contribution in [2.75, 3.05) is 13.2 Å². The molecule has 0 bridgehead atoms. The number of rotatable bonds is 4. The first-order valence-electron chi connectivity index (χ1n) is 6.99. The maximum Gasteiger partial charge on any atom is 0.249 e. The minimum absolute atomic E-state index is 0.00969. The molecule has 1 aromatic carbocycles. The van der Waals surface area contributed by atoms with Crippen LogP contribution in [0.2, 0.25) is 0 Å². The standard InChI is InChI=1S/C15H18N2O2S/c1-10(9-16-14(18)12-6-4-8-19-12)15-17-11-5-2-3-7-13(11)20-15/h2-3,5,7,10,12H,4,6,8-9H2,1H3,(H,16,18). The van der Waals surface area contributed by atoms with Crippen LogP contribution in [0.1, 0.15) is 30.7 Å². The number of nitrogens with one attached hydrogen (secondary N) is 1. The largest absolute Gasteiger partial charge is 0.368 e. The minimum atomic E-state index is -0.252. The summed E-state index contributed by atoms with van der Waals surface area (Å²) in [7, 11) is 0. The van der Waals surface area contributed by atoms with E-state index in [1.165, 1.54) is 4.70 Å². The molecule has 0 spiro atoms. The SMILES string of the molecule is CC(CNC(=O)C1CCCO1)c1nc2ccccc2s1. The first-order chi connectivity index (χ1) is 9.74. The number of carbonyl (C=O) groups excluding carboxylic acids is 1. The fraction of sp³-hybridized carbons (Fsp3) is 0.467. The van der Waals surface area contributed by atoms with Crippen LogP contribution in [-0.2, 0) is 9.53 Å². The maximum atomic E-state index is 11.9. The summed E-state index contributed by atoms with van der Waals surface area (Å²) in [6, 6.07) is 8.12. The number of benzene rings is 1. The summed E-state index contributed by atoms with van der Waals surface area (Å²) in [4.78, 5) is 16.5. The Hall–Kier alpha value is -1.46. The van der Waals surface area contributed by atoms with Crippen LogP contribution in [0, 0.1) is 0 Å². The molecular weight excluding hydrogens is 272 g/mol. The van der Waals surface area contributed by atoms with Gasteiger partial charge in [0.25, 0.3) is 0 Å². The van der Waals surface area contributed by atoms with Crippen molar-refractivity contribution in [1.29, 1.82) is 0 Å². The van der Waals surface area contributed by atoms with Gasteiger partial charge in [0.05, 0.1) is 15.2 Å². The van der Waals surface area contributed by atoms with Gasteiger partial charge in [-0.05, 0) is 25.0 Å². The summed E-state index contributed by atoms with van der Waals surface area (Å²) in [6.45, 7) is 3.40. The van der Waals surface area contributed by atoms with Crippen LogP contribution in [0.5, 0.6) is 0 Å². The van der Waals surface area contributed by atoms with Crippen LogP contribution in [0.3, 0.4) is 0 Å². The Labute approximate surface area is 122 Å². The van der Waals surface area contributed by atoms with E-state index in [0.29, 0.717) is 13.2 Å². The lowest BCUT2D eigenvalue weighted by Gasteiger charge is -2.13. The molecule has 4 nitrogen and oxygen atoms in total. The van der Waals surface area contributed by atoms with Gasteiger partial charge in [0.2, 0.25) is 5.91 Å². The van der Waals surface area contributed by atoms with Gasteiger partial charge in [-0.3, -0.25) is 4.79 Å². The third kappa shape index (κ3) is 2.83. The molecule has 1 saturated heterocycles. The number of hydrogen-bond acceptors (Lipinski definition) is 4. The lowest BCUT2D eigenvalue weighted by molar-refractivity contribution is -0.130. The molecule has 2 heterocycles. The molecule has 1 amide bonds. The zero-order valence-corrected chi connectivity index (χ0v) is 12.3. The lowest BCUT2D eigenvalue weighted by atomic mass is 10.2. The number of para-hydroxylation sites is 1. The number of hydrogen-bond donors (Lipinski definition) is 1. The van der Waals surface area contributed by atoms with E-state index in [4.69, 9.17) is 4.74 Å². The van der Waals surface area contributed by atoms with Crippen molar-refractivity contribution >= 4 is 27.5 Å². The Kier molecular flexibility index (Phi) is 3.98. The zero-order chi connectivity index (χ0) is 13.9. The van der Waals surface area contributed by atoms with Crippen LogP contribution in [0.4, 0.5) is 0 Å². The Morgan fingerprint density at radius 1 is 1.55 bits per heavy atom. The number of aromatic nitrogens is 1. The van der Waals surface area contributed by atoms with Crippen LogP contribution in [0.25, 0.3) is 10.2 Å². The summed E-state index contributed by atoms with van der Waals surface area (Å²) < 4.78 is 6.57. The number of thiazole rings is 1. The van der Waals surface area contributed by atoms with Gasteiger partial charge in [-0.25, -0.2) is 4.98 Å². The highest BCUT2D eigenvalue weighted by atomic mass is 32.1. The van der Waals surface area contributed by atoms with Crippen molar-refractivity contribution < 1.29 is 9.53 Å². The second-order valence-electron chi connectivity index (χ2n) is 5.17. The van der Waals surface area contributed by atoms with E-state index in [9.17, 15) is 4.79 Å². The quantitative estimate of drug-likeness (QED) is 0.942. The fourth-order valence-electron chi connectivity index (χ4n) is 2.34. The Bertz CT molecular complexity index is 572. The lowest BCUT2D eigenvalue weighted by Crippen LogP contribution is -2.36. The molecule has 2 unspecified atom stereocenters. The van der Waals surface area contributed by atoms with E-state index in [-0.39, 0.29) is 17.9 Å². The van der Waals surface area contributed by atoms with Crippen molar-refractivity contribution in [2.24, 2.45) is 0 Å². The van der Waals surface area contributed by atoms with Crippen LogP contribution in [-0.4, -0.2) is 30.1 Å². The molecule has 5 heteroatoms. The third-order valence-electron chi connectivity index (χ3n) is 3.54. The van der Waals surface area contributed by atoms with Crippen molar-refractivity contribution in [1.82, 2.24) is 10.3 Å². The summed E-state index contributed by atoms with van der Waals surface area (Å²) in [6.07, 6.45) is 1.56. The highest BCUT2D eigenvalue weighted by Crippen LogP contribution is 2.26. The smallest absolute Gasteiger partial charge is 0.249 e. The average Bonchev–Trinajstić information content (AvgIpc) is 3.12. The highest BCUT2D eigenvalue weighted by molar-refractivity contribution is 7.18. The molecular formula is C15H18N2O2S. The average molecular weight is 290 g/mol. The Balaban J connectivity index is 1.60. The summed E-state index contributed by atoms with van der Waals surface area (Å²) >= 11 is 1.70. The third-order valence-corrected chi connectivity index (χ3v) is 4.80. The van der Waals surface area contributed by atoms with E-state index < -0.39 is 0 Å². The summed E-state index contributed by atoms with van der Waals surface area (Å²) in [5.74, 6) is 0.230. The van der Waals surface area contributed by atoms with E-state index in [0.717, 1.165) is 23.4 Å². The van der Waals surface area contributed by atoms with Gasteiger partial charge >= 0.3 is 0 Å². The zero-order valence-electron chi connectivity index (χ0n) is 11.5. The Morgan fingerprint density at radius 3 is 3.15 bits per heavy atom. The van der Waals surface area contributed by atoms with Crippen LogP contribution >= 0.6 is 11.3 Å². The predicted molar refractivity (Wildman–Crippen MR) is 80.0 cm³/mol. The second-order valence-corrected chi connectivity index (χ2v) is 6.23. The second kappa shape index (κ2) is 5.89. The monoisotopic (exact) mass is 290 g/mol. The van der Waals surface area contributed by atoms with Gasteiger partial charge in [-0.1, -0.05) is 19.1 Å². The van der Waals surface area contributed by atoms with Crippen LogP contribution in [0.15, 0.2) is 24.3 Å². The molecule has 3 rings (SSSR count). The molecule has 2 aromatic rings. The molecule has 1 fully saturated rings. The highest BCUT2D eigenvalue weighted by Gasteiger charge is 2.24. The maximum absolute atomic E-state index is 11.9. The molecule has 0 aliphatic carbocycles. The van der Waals surface area contributed by atoms with Gasteiger partial charge < -0.3 is 10.1 Å². The first kappa shape index (κ1) is 13.5. The molecule has 1 aliphatic heterocycles. The van der Waals surface area contributed by atoms with Crippen LogP contribution < -0.4 is 5.32 Å². The van der Waals surface area contributed by atoms with E-state index in [2.05, 4.69) is 23.3 Å². The van der Waals surface area contributed by atoms with Gasteiger partial charge in [0.1, 0.15) is 6.10 Å². The van der Waals surface area contributed by atoms with Gasteiger partial charge in [-0.2, -0.15) is 0 Å². The van der Waals surface area contributed by atoms with Gasteiger partial charge in [0.15, 0.2) is 0 Å². The normalized spacial score (nSPS) is 20.1. The minimum Gasteiger partial charge on any atom is -0.368 e. The number of fused-ring (bicyclic) bond motifs is 1. The molecule has 1 aromatic heterocycles. The number of amides is 1. The van der Waals surface area contributed by atoms with E-state index >= 15 is 0 Å². The molecule has 20 heavy (non-hydrogen) atoms. The fourth-order valence-corrected chi connectivity index (χ4v) is 3.36.